The molecule has 0 atom stereocenters. The third-order valence-corrected chi connectivity index (χ3v) is 6.11. The van der Waals surface area contributed by atoms with Crippen LogP contribution < -0.4 is 10.6 Å². The summed E-state index contributed by atoms with van der Waals surface area (Å²) in [6.07, 6.45) is 0. The summed E-state index contributed by atoms with van der Waals surface area (Å²) in [5, 5.41) is 6.31. The number of ether oxygens (including phenoxy) is 1. The molecule has 2 N–H and O–H groups in total. The van der Waals surface area contributed by atoms with Gasteiger partial charge < -0.3 is 15.4 Å². The average molecular weight is 466 g/mol. The highest BCUT2D eigenvalue weighted by Gasteiger charge is 2.27. The highest BCUT2D eigenvalue weighted by molar-refractivity contribution is 7.18. The van der Waals surface area contributed by atoms with Gasteiger partial charge in [-0.05, 0) is 51.0 Å². The quantitative estimate of drug-likeness (QED) is 0.544. The normalized spacial score (nSPS) is 11.0. The van der Waals surface area contributed by atoms with E-state index in [1.165, 1.54) is 7.05 Å². The number of hydrogen-bond acceptors (Lipinski definition) is 6. The zero-order valence-electron chi connectivity index (χ0n) is 18.4. The maximum atomic E-state index is 12.9. The van der Waals surface area contributed by atoms with Crippen LogP contribution >= 0.6 is 22.9 Å². The average Bonchev–Trinajstić information content (AvgIpc) is 3.02. The Bertz CT molecular complexity index is 958. The molecule has 0 spiro atoms. The maximum absolute atomic E-state index is 12.9. The Morgan fingerprint density at radius 3 is 2.55 bits per heavy atom. The summed E-state index contributed by atoms with van der Waals surface area (Å²) < 4.78 is 5.13. The van der Waals surface area contributed by atoms with Crippen LogP contribution in [0.2, 0.25) is 5.02 Å². The van der Waals surface area contributed by atoms with Gasteiger partial charge in [0.15, 0.2) is 0 Å². The Morgan fingerprint density at radius 2 is 1.97 bits per heavy atom. The number of nitrogens with zero attached hydrogens (tertiary/aromatic N) is 1. The lowest BCUT2D eigenvalue weighted by Gasteiger charge is -2.26. The molecule has 0 aliphatic carbocycles. The fraction of sp³-hybridized carbons (Fsp3) is 0.409. The van der Waals surface area contributed by atoms with E-state index in [4.69, 9.17) is 16.3 Å². The van der Waals surface area contributed by atoms with Crippen molar-refractivity contribution in [3.8, 4) is 0 Å². The molecule has 31 heavy (non-hydrogen) atoms. The molecule has 0 unspecified atom stereocenters. The fourth-order valence-electron chi connectivity index (χ4n) is 3.02. The van der Waals surface area contributed by atoms with Crippen molar-refractivity contribution < 1.29 is 19.1 Å². The van der Waals surface area contributed by atoms with Gasteiger partial charge in [0.2, 0.25) is 5.91 Å². The second-order valence-electron chi connectivity index (χ2n) is 7.24. The molecule has 2 aromatic rings. The number of benzene rings is 1. The van der Waals surface area contributed by atoms with Crippen molar-refractivity contribution in [1.29, 1.82) is 0 Å². The third kappa shape index (κ3) is 6.53. The molecule has 2 rings (SSSR count). The molecular formula is C22H28ClN3O4S. The van der Waals surface area contributed by atoms with Crippen molar-refractivity contribution in [3.63, 3.8) is 0 Å². The van der Waals surface area contributed by atoms with E-state index in [9.17, 15) is 14.4 Å². The zero-order valence-corrected chi connectivity index (χ0v) is 19.9. The Morgan fingerprint density at radius 1 is 1.26 bits per heavy atom. The predicted molar refractivity (Wildman–Crippen MR) is 124 cm³/mol. The molecule has 168 valence electrons. The van der Waals surface area contributed by atoms with Crippen molar-refractivity contribution in [2.24, 2.45) is 0 Å². The van der Waals surface area contributed by atoms with Gasteiger partial charge in [-0.2, -0.15) is 0 Å². The predicted octanol–water partition coefficient (Wildman–Crippen LogP) is 4.10. The van der Waals surface area contributed by atoms with E-state index in [0.717, 1.165) is 16.9 Å². The van der Waals surface area contributed by atoms with Gasteiger partial charge >= 0.3 is 5.97 Å². The maximum Gasteiger partial charge on any atom is 0.341 e. The lowest BCUT2D eigenvalue weighted by molar-refractivity contribution is -0.117. The van der Waals surface area contributed by atoms with E-state index in [1.807, 2.05) is 36.9 Å². The molecule has 1 aromatic carbocycles. The summed E-state index contributed by atoms with van der Waals surface area (Å²) in [5.74, 6) is -1.18. The third-order valence-electron chi connectivity index (χ3n) is 4.66. The van der Waals surface area contributed by atoms with Crippen LogP contribution in [0.1, 0.15) is 51.9 Å². The second kappa shape index (κ2) is 11.3. The first-order valence-electron chi connectivity index (χ1n) is 9.98. The van der Waals surface area contributed by atoms with Crippen LogP contribution in [0.5, 0.6) is 0 Å². The molecule has 0 bridgehead atoms. The SMILES string of the molecule is CCOC(=O)c1c(NC(=O)CN(Cc2cccc(Cl)c2)C(C)C)sc(C(=O)NC)c1C. The number of rotatable bonds is 9. The van der Waals surface area contributed by atoms with Crippen molar-refractivity contribution in [2.45, 2.75) is 40.3 Å². The number of carbonyl (C=O) groups is 3. The first kappa shape index (κ1) is 24.8. The van der Waals surface area contributed by atoms with Gasteiger partial charge in [0, 0.05) is 24.7 Å². The molecule has 2 amide bonds. The molecule has 0 aliphatic rings. The molecule has 0 radical (unpaired) electrons. The Balaban J connectivity index is 2.24. The van der Waals surface area contributed by atoms with Gasteiger partial charge in [-0.3, -0.25) is 14.5 Å². The van der Waals surface area contributed by atoms with E-state index < -0.39 is 5.97 Å². The smallest absolute Gasteiger partial charge is 0.341 e. The number of esters is 1. The number of halogens is 1. The first-order chi connectivity index (χ1) is 14.7. The van der Waals surface area contributed by atoms with Crippen molar-refractivity contribution >= 4 is 45.7 Å². The molecule has 0 aliphatic heterocycles. The van der Waals surface area contributed by atoms with Crippen LogP contribution in [0.25, 0.3) is 0 Å². The minimum Gasteiger partial charge on any atom is -0.462 e. The molecule has 0 saturated carbocycles. The number of amides is 2. The van der Waals surface area contributed by atoms with Gasteiger partial charge in [0.05, 0.1) is 23.6 Å². The minimum absolute atomic E-state index is 0.0979. The summed E-state index contributed by atoms with van der Waals surface area (Å²) >= 11 is 7.14. The van der Waals surface area contributed by atoms with Crippen LogP contribution in [0.3, 0.4) is 0 Å². The minimum atomic E-state index is -0.568. The lowest BCUT2D eigenvalue weighted by Crippen LogP contribution is -2.37. The van der Waals surface area contributed by atoms with Crippen LogP contribution in [0, 0.1) is 6.92 Å². The second-order valence-corrected chi connectivity index (χ2v) is 8.69. The summed E-state index contributed by atoms with van der Waals surface area (Å²) in [4.78, 5) is 39.9. The zero-order chi connectivity index (χ0) is 23.1. The number of hydrogen-bond donors (Lipinski definition) is 2. The fourth-order valence-corrected chi connectivity index (χ4v) is 4.39. The van der Waals surface area contributed by atoms with Crippen LogP contribution in [0.15, 0.2) is 24.3 Å². The van der Waals surface area contributed by atoms with Gasteiger partial charge in [-0.15, -0.1) is 11.3 Å². The van der Waals surface area contributed by atoms with Crippen molar-refractivity contribution in [2.75, 3.05) is 25.5 Å². The number of carbonyl (C=O) groups excluding carboxylic acids is 3. The van der Waals surface area contributed by atoms with Crippen molar-refractivity contribution in [1.82, 2.24) is 10.2 Å². The summed E-state index contributed by atoms with van der Waals surface area (Å²) in [7, 11) is 1.51. The summed E-state index contributed by atoms with van der Waals surface area (Å²) in [5.41, 5.74) is 1.69. The van der Waals surface area contributed by atoms with E-state index >= 15 is 0 Å². The van der Waals surface area contributed by atoms with Crippen LogP contribution in [-0.4, -0.2) is 48.9 Å². The molecule has 0 saturated heterocycles. The monoisotopic (exact) mass is 465 g/mol. The van der Waals surface area contributed by atoms with E-state index in [-0.39, 0.29) is 36.6 Å². The van der Waals surface area contributed by atoms with Gasteiger partial charge in [-0.25, -0.2) is 4.79 Å². The number of nitrogens with one attached hydrogen (secondary N) is 2. The van der Waals surface area contributed by atoms with Crippen LogP contribution in [0.4, 0.5) is 5.00 Å². The molecule has 0 fully saturated rings. The highest BCUT2D eigenvalue weighted by atomic mass is 35.5. The first-order valence-corrected chi connectivity index (χ1v) is 11.2. The molecule has 9 heteroatoms. The number of thiophene rings is 1. The highest BCUT2D eigenvalue weighted by Crippen LogP contribution is 2.33. The lowest BCUT2D eigenvalue weighted by atomic mass is 10.1. The summed E-state index contributed by atoms with van der Waals surface area (Å²) in [6.45, 7) is 8.22. The number of anilines is 1. The van der Waals surface area contributed by atoms with Crippen molar-refractivity contribution in [3.05, 3.63) is 50.9 Å². The topological polar surface area (TPSA) is 87.7 Å². The van der Waals surface area contributed by atoms with E-state index in [2.05, 4.69) is 10.6 Å². The standard InChI is InChI=1S/C22H28ClN3O4S/c1-6-30-22(29)18-14(4)19(20(28)24-5)31-21(18)25-17(27)12-26(13(2)3)11-15-8-7-9-16(23)10-15/h7-10,13H,6,11-12H2,1-5H3,(H,24,28)(H,25,27). The van der Waals surface area contributed by atoms with Gasteiger partial charge in [-0.1, -0.05) is 23.7 Å². The van der Waals surface area contributed by atoms with Gasteiger partial charge in [0.1, 0.15) is 5.00 Å². The molecular weight excluding hydrogens is 438 g/mol. The molecule has 1 aromatic heterocycles. The molecule has 7 nitrogen and oxygen atoms in total. The van der Waals surface area contributed by atoms with Crippen LogP contribution in [-0.2, 0) is 16.1 Å². The van der Waals surface area contributed by atoms with Gasteiger partial charge in [0.25, 0.3) is 5.91 Å². The summed E-state index contributed by atoms with van der Waals surface area (Å²) in [6, 6.07) is 7.59. The Kier molecular flexibility index (Phi) is 9.03. The Labute approximate surface area is 191 Å². The molecule has 1 heterocycles. The van der Waals surface area contributed by atoms with E-state index in [0.29, 0.717) is 27.0 Å². The Hall–Kier alpha value is -2.42. The van der Waals surface area contributed by atoms with E-state index in [1.54, 1.807) is 19.9 Å². The largest absolute Gasteiger partial charge is 0.462 e.